The van der Waals surface area contributed by atoms with Crippen LogP contribution < -0.4 is 5.63 Å². The van der Waals surface area contributed by atoms with E-state index in [1.165, 1.54) is 23.5 Å². The zero-order valence-corrected chi connectivity index (χ0v) is 15.2. The Bertz CT molecular complexity index is 1210. The molecule has 0 aliphatic carbocycles. The van der Waals surface area contributed by atoms with Crippen molar-refractivity contribution in [2.75, 3.05) is 0 Å². The van der Waals surface area contributed by atoms with E-state index in [1.807, 2.05) is 25.1 Å². The van der Waals surface area contributed by atoms with Crippen LogP contribution in [0.25, 0.3) is 21.4 Å². The van der Waals surface area contributed by atoms with Crippen molar-refractivity contribution in [3.05, 3.63) is 91.4 Å². The fraction of sp³-hybridized carbons (Fsp3) is 0.100. The van der Waals surface area contributed by atoms with Crippen molar-refractivity contribution in [1.29, 1.82) is 0 Å². The van der Waals surface area contributed by atoms with Gasteiger partial charge in [-0.25, -0.2) is 4.79 Å². The summed E-state index contributed by atoms with van der Waals surface area (Å²) in [6.07, 6.45) is 2.05. The number of hydrogen-bond donors (Lipinski definition) is 0. The van der Waals surface area contributed by atoms with Gasteiger partial charge in [0.25, 0.3) is 5.69 Å². The molecule has 0 amide bonds. The number of non-ortho nitro benzene ring substituents is 1. The lowest BCUT2D eigenvalue weighted by Gasteiger charge is -2.09. The Hall–Kier alpha value is -3.32. The summed E-state index contributed by atoms with van der Waals surface area (Å²) in [4.78, 5) is 28.2. The Kier molecular flexibility index (Phi) is 4.29. The second-order valence-corrected chi connectivity index (χ2v) is 7.06. The predicted octanol–water partition coefficient (Wildman–Crippen LogP) is 4.72. The van der Waals surface area contributed by atoms with E-state index in [1.54, 1.807) is 23.8 Å². The van der Waals surface area contributed by atoms with E-state index in [0.717, 1.165) is 21.4 Å². The topological polar surface area (TPSA) is 86.2 Å². The molecular formula is C20H14N2O4S. The molecule has 134 valence electrons. The van der Waals surface area contributed by atoms with Crippen molar-refractivity contribution in [1.82, 2.24) is 4.98 Å². The van der Waals surface area contributed by atoms with E-state index >= 15 is 0 Å². The SMILES string of the molecule is Cc1c(Cc2cccc([N+](=O)[O-])c2)c(=O)oc2cc(-c3cncs3)ccc12. The van der Waals surface area contributed by atoms with Crippen molar-refractivity contribution in [2.45, 2.75) is 13.3 Å². The van der Waals surface area contributed by atoms with Gasteiger partial charge in [-0.3, -0.25) is 15.1 Å². The highest BCUT2D eigenvalue weighted by Gasteiger charge is 2.14. The maximum atomic E-state index is 12.6. The van der Waals surface area contributed by atoms with Gasteiger partial charge in [0, 0.05) is 35.7 Å². The average molecular weight is 378 g/mol. The summed E-state index contributed by atoms with van der Waals surface area (Å²) >= 11 is 1.52. The van der Waals surface area contributed by atoms with Gasteiger partial charge in [-0.2, -0.15) is 0 Å². The molecule has 0 saturated heterocycles. The third-order valence-corrected chi connectivity index (χ3v) is 5.33. The van der Waals surface area contributed by atoms with Gasteiger partial charge in [0.05, 0.1) is 15.3 Å². The van der Waals surface area contributed by atoms with Crippen molar-refractivity contribution < 1.29 is 9.34 Å². The van der Waals surface area contributed by atoms with Crippen LogP contribution in [0.15, 0.2) is 63.4 Å². The summed E-state index contributed by atoms with van der Waals surface area (Å²) in [5.41, 5.74) is 4.82. The zero-order chi connectivity index (χ0) is 19.0. The average Bonchev–Trinajstić information content (AvgIpc) is 3.19. The number of rotatable bonds is 4. The maximum absolute atomic E-state index is 12.6. The molecule has 27 heavy (non-hydrogen) atoms. The molecule has 0 atom stereocenters. The van der Waals surface area contributed by atoms with Crippen LogP contribution in [0.2, 0.25) is 0 Å². The molecule has 2 aromatic carbocycles. The lowest BCUT2D eigenvalue weighted by molar-refractivity contribution is -0.384. The maximum Gasteiger partial charge on any atom is 0.340 e. The van der Waals surface area contributed by atoms with Crippen LogP contribution in [-0.4, -0.2) is 9.91 Å². The van der Waals surface area contributed by atoms with Crippen LogP contribution in [0, 0.1) is 17.0 Å². The standard InChI is InChI=1S/C20H14N2O4S/c1-12-16-6-5-14(19-10-21-11-27-19)9-18(16)26-20(23)17(12)8-13-3-2-4-15(7-13)22(24)25/h2-7,9-11H,8H2,1H3. The molecule has 6 nitrogen and oxygen atoms in total. The second kappa shape index (κ2) is 6.77. The van der Waals surface area contributed by atoms with Crippen molar-refractivity contribution >= 4 is 28.0 Å². The van der Waals surface area contributed by atoms with E-state index in [4.69, 9.17) is 4.42 Å². The van der Waals surface area contributed by atoms with E-state index in [0.29, 0.717) is 16.7 Å². The molecule has 4 rings (SSSR count). The first-order chi connectivity index (χ1) is 13.0. The first-order valence-electron chi connectivity index (χ1n) is 8.21. The molecule has 0 N–H and O–H groups in total. The van der Waals surface area contributed by atoms with Crippen molar-refractivity contribution in [3.63, 3.8) is 0 Å². The molecule has 0 fully saturated rings. The minimum absolute atomic E-state index is 0.00419. The number of hydrogen-bond acceptors (Lipinski definition) is 6. The largest absolute Gasteiger partial charge is 0.422 e. The Morgan fingerprint density at radius 3 is 2.81 bits per heavy atom. The number of aromatic nitrogens is 1. The minimum Gasteiger partial charge on any atom is -0.422 e. The van der Waals surface area contributed by atoms with Crippen LogP contribution in [0.4, 0.5) is 5.69 Å². The molecule has 0 aliphatic rings. The first-order valence-corrected chi connectivity index (χ1v) is 9.09. The monoisotopic (exact) mass is 378 g/mol. The number of benzene rings is 2. The van der Waals surface area contributed by atoms with Crippen LogP contribution in [0.1, 0.15) is 16.7 Å². The van der Waals surface area contributed by atoms with Crippen LogP contribution >= 0.6 is 11.3 Å². The molecule has 4 aromatic rings. The van der Waals surface area contributed by atoms with Gasteiger partial charge in [-0.1, -0.05) is 24.3 Å². The Balaban J connectivity index is 1.78. The lowest BCUT2D eigenvalue weighted by Crippen LogP contribution is -2.11. The van der Waals surface area contributed by atoms with Crippen LogP contribution in [0.5, 0.6) is 0 Å². The summed E-state index contributed by atoms with van der Waals surface area (Å²) in [5, 5.41) is 11.8. The predicted molar refractivity (Wildman–Crippen MR) is 104 cm³/mol. The molecule has 2 aromatic heterocycles. The van der Waals surface area contributed by atoms with E-state index in [-0.39, 0.29) is 12.1 Å². The lowest BCUT2D eigenvalue weighted by atomic mass is 9.98. The molecular weight excluding hydrogens is 364 g/mol. The minimum atomic E-state index is -0.444. The summed E-state index contributed by atoms with van der Waals surface area (Å²) < 4.78 is 5.56. The number of nitrogens with zero attached hydrogens (tertiary/aromatic N) is 2. The first kappa shape index (κ1) is 17.1. The third kappa shape index (κ3) is 3.24. The molecule has 7 heteroatoms. The molecule has 0 bridgehead atoms. The Morgan fingerprint density at radius 1 is 1.22 bits per heavy atom. The highest BCUT2D eigenvalue weighted by molar-refractivity contribution is 7.13. The van der Waals surface area contributed by atoms with Crippen LogP contribution in [-0.2, 0) is 6.42 Å². The van der Waals surface area contributed by atoms with Gasteiger partial charge in [-0.05, 0) is 29.7 Å². The van der Waals surface area contributed by atoms with Gasteiger partial charge in [-0.15, -0.1) is 11.3 Å². The summed E-state index contributed by atoms with van der Waals surface area (Å²) in [7, 11) is 0. The second-order valence-electron chi connectivity index (χ2n) is 6.17. The van der Waals surface area contributed by atoms with E-state index < -0.39 is 10.5 Å². The highest BCUT2D eigenvalue weighted by Crippen LogP contribution is 2.29. The molecule has 0 unspecified atom stereocenters. The van der Waals surface area contributed by atoms with Gasteiger partial charge in [0.1, 0.15) is 5.58 Å². The van der Waals surface area contributed by atoms with Gasteiger partial charge in [0.15, 0.2) is 0 Å². The number of nitro groups is 1. The fourth-order valence-electron chi connectivity index (χ4n) is 3.09. The molecule has 0 saturated carbocycles. The van der Waals surface area contributed by atoms with Gasteiger partial charge >= 0.3 is 5.63 Å². The Morgan fingerprint density at radius 2 is 2.07 bits per heavy atom. The van der Waals surface area contributed by atoms with Crippen LogP contribution in [0.3, 0.4) is 0 Å². The summed E-state index contributed by atoms with van der Waals surface area (Å²) in [5.74, 6) is 0. The summed E-state index contributed by atoms with van der Waals surface area (Å²) in [6, 6.07) is 12.0. The molecule has 0 aliphatic heterocycles. The van der Waals surface area contributed by atoms with Crippen molar-refractivity contribution in [2.24, 2.45) is 0 Å². The number of thiazole rings is 1. The van der Waals surface area contributed by atoms with Gasteiger partial charge in [0.2, 0.25) is 0 Å². The summed E-state index contributed by atoms with van der Waals surface area (Å²) in [6.45, 7) is 1.87. The van der Waals surface area contributed by atoms with Gasteiger partial charge < -0.3 is 4.42 Å². The quantitative estimate of drug-likeness (QED) is 0.291. The highest BCUT2D eigenvalue weighted by atomic mass is 32.1. The number of fused-ring (bicyclic) bond motifs is 1. The van der Waals surface area contributed by atoms with E-state index in [2.05, 4.69) is 4.98 Å². The van der Waals surface area contributed by atoms with Crippen molar-refractivity contribution in [3.8, 4) is 10.4 Å². The molecule has 0 radical (unpaired) electrons. The number of nitro benzene ring substituents is 1. The third-order valence-electron chi connectivity index (χ3n) is 4.51. The molecule has 2 heterocycles. The smallest absolute Gasteiger partial charge is 0.340 e. The fourth-order valence-corrected chi connectivity index (χ4v) is 3.71. The molecule has 0 spiro atoms. The Labute approximate surface area is 157 Å². The zero-order valence-electron chi connectivity index (χ0n) is 14.3. The normalized spacial score (nSPS) is 11.0. The number of aryl methyl sites for hydroxylation is 1. The van der Waals surface area contributed by atoms with E-state index in [9.17, 15) is 14.9 Å².